The molecule has 0 spiro atoms. The third-order valence-corrected chi connectivity index (χ3v) is 5.16. The van der Waals surface area contributed by atoms with Crippen molar-refractivity contribution in [1.29, 1.82) is 0 Å². The van der Waals surface area contributed by atoms with E-state index in [-0.39, 0.29) is 11.3 Å². The van der Waals surface area contributed by atoms with Gasteiger partial charge < -0.3 is 14.8 Å². The van der Waals surface area contributed by atoms with Crippen molar-refractivity contribution in [3.05, 3.63) is 75.2 Å². The van der Waals surface area contributed by atoms with E-state index in [9.17, 15) is 9.90 Å². The summed E-state index contributed by atoms with van der Waals surface area (Å²) in [5.41, 5.74) is 4.34. The van der Waals surface area contributed by atoms with E-state index in [1.54, 1.807) is 19.2 Å². The van der Waals surface area contributed by atoms with Crippen molar-refractivity contribution < 1.29 is 9.84 Å². The second-order valence-corrected chi connectivity index (χ2v) is 7.16. The van der Waals surface area contributed by atoms with Crippen LogP contribution in [0.2, 0.25) is 0 Å². The number of aromatic hydroxyl groups is 1. The summed E-state index contributed by atoms with van der Waals surface area (Å²) in [7, 11) is 1.61. The highest BCUT2D eigenvalue weighted by atomic mass is 16.5. The lowest BCUT2D eigenvalue weighted by molar-refractivity contribution is 0.237. The van der Waals surface area contributed by atoms with Crippen LogP contribution in [-0.2, 0) is 19.5 Å². The standard InChI is InChI=1S/C22H23N3O3/c1-14-3-5-15(6-4-14)21-23-19-13-25(10-9-18(19)22(27)24-21)12-16-11-17(28-2)7-8-20(16)26/h3-8,11,26H,9-10,12-13H2,1-2H3,(H,23,24,27). The minimum atomic E-state index is -0.0653. The highest BCUT2D eigenvalue weighted by molar-refractivity contribution is 5.55. The first-order valence-electron chi connectivity index (χ1n) is 9.31. The number of rotatable bonds is 4. The minimum Gasteiger partial charge on any atom is -0.508 e. The number of nitrogens with one attached hydrogen (secondary N) is 1. The van der Waals surface area contributed by atoms with Gasteiger partial charge >= 0.3 is 0 Å². The SMILES string of the molecule is COc1ccc(O)c(CN2CCc3c(nc(-c4ccc(C)cc4)[nH]c3=O)C2)c1. The average Bonchev–Trinajstić information content (AvgIpc) is 2.70. The Morgan fingerprint density at radius 1 is 1.21 bits per heavy atom. The first-order chi connectivity index (χ1) is 13.5. The maximum atomic E-state index is 12.6. The first-order valence-corrected chi connectivity index (χ1v) is 9.31. The zero-order chi connectivity index (χ0) is 19.7. The topological polar surface area (TPSA) is 78.5 Å². The molecule has 0 unspecified atom stereocenters. The van der Waals surface area contributed by atoms with Gasteiger partial charge in [-0.1, -0.05) is 29.8 Å². The largest absolute Gasteiger partial charge is 0.508 e. The van der Waals surface area contributed by atoms with Gasteiger partial charge in [0.05, 0.1) is 12.8 Å². The van der Waals surface area contributed by atoms with E-state index in [0.717, 1.165) is 34.5 Å². The van der Waals surface area contributed by atoms with Crippen molar-refractivity contribution in [3.8, 4) is 22.9 Å². The van der Waals surface area contributed by atoms with Crippen LogP contribution in [0, 0.1) is 6.92 Å². The summed E-state index contributed by atoms with van der Waals surface area (Å²) >= 11 is 0. The summed E-state index contributed by atoms with van der Waals surface area (Å²) in [5.74, 6) is 1.54. The summed E-state index contributed by atoms with van der Waals surface area (Å²) in [6.07, 6.45) is 0.635. The second kappa shape index (κ2) is 7.48. The number of aryl methyl sites for hydroxylation is 1. The van der Waals surface area contributed by atoms with Gasteiger partial charge in [-0.25, -0.2) is 4.98 Å². The quantitative estimate of drug-likeness (QED) is 0.731. The molecule has 28 heavy (non-hydrogen) atoms. The van der Waals surface area contributed by atoms with Crippen LogP contribution in [0.3, 0.4) is 0 Å². The number of ether oxygens (including phenoxy) is 1. The molecule has 3 aromatic rings. The molecule has 0 saturated carbocycles. The maximum absolute atomic E-state index is 12.6. The Kier molecular flexibility index (Phi) is 4.88. The lowest BCUT2D eigenvalue weighted by Crippen LogP contribution is -2.35. The van der Waals surface area contributed by atoms with Gasteiger partial charge in [-0.3, -0.25) is 9.69 Å². The Morgan fingerprint density at radius 3 is 2.75 bits per heavy atom. The van der Waals surface area contributed by atoms with E-state index in [1.807, 2.05) is 37.3 Å². The van der Waals surface area contributed by atoms with Gasteiger partial charge in [0.15, 0.2) is 0 Å². The Hall–Kier alpha value is -3.12. The molecule has 1 aromatic heterocycles. The number of aromatic nitrogens is 2. The van der Waals surface area contributed by atoms with Gasteiger partial charge in [-0.15, -0.1) is 0 Å². The van der Waals surface area contributed by atoms with E-state index in [1.165, 1.54) is 0 Å². The van der Waals surface area contributed by atoms with E-state index in [4.69, 9.17) is 9.72 Å². The van der Waals surface area contributed by atoms with Crippen molar-refractivity contribution in [1.82, 2.24) is 14.9 Å². The molecule has 4 rings (SSSR count). The van der Waals surface area contributed by atoms with E-state index < -0.39 is 0 Å². The molecule has 6 nitrogen and oxygen atoms in total. The van der Waals surface area contributed by atoms with Gasteiger partial charge in [-0.2, -0.15) is 0 Å². The van der Waals surface area contributed by atoms with Gasteiger partial charge in [0, 0.05) is 36.3 Å². The molecule has 144 valence electrons. The van der Waals surface area contributed by atoms with Crippen LogP contribution < -0.4 is 10.3 Å². The molecule has 0 saturated heterocycles. The smallest absolute Gasteiger partial charge is 0.254 e. The molecule has 1 aliphatic rings. The monoisotopic (exact) mass is 377 g/mol. The molecule has 0 bridgehead atoms. The van der Waals surface area contributed by atoms with Crippen LogP contribution in [0.15, 0.2) is 47.3 Å². The molecule has 0 radical (unpaired) electrons. The molecular weight excluding hydrogens is 354 g/mol. The molecule has 6 heteroatoms. The second-order valence-electron chi connectivity index (χ2n) is 7.16. The third kappa shape index (κ3) is 3.64. The number of phenolic OH excluding ortho intramolecular Hbond substituents is 1. The van der Waals surface area contributed by atoms with E-state index in [2.05, 4.69) is 9.88 Å². The molecule has 2 aromatic carbocycles. The Bertz CT molecular complexity index is 1060. The number of phenols is 1. The van der Waals surface area contributed by atoms with Crippen LogP contribution in [0.4, 0.5) is 0 Å². The number of aromatic amines is 1. The lowest BCUT2D eigenvalue weighted by Gasteiger charge is -2.28. The highest BCUT2D eigenvalue weighted by Crippen LogP contribution is 2.26. The molecule has 0 atom stereocenters. The van der Waals surface area contributed by atoms with Gasteiger partial charge in [0.25, 0.3) is 5.56 Å². The summed E-state index contributed by atoms with van der Waals surface area (Å²) in [6, 6.07) is 13.2. The molecular formula is C22H23N3O3. The lowest BCUT2D eigenvalue weighted by atomic mass is 10.0. The van der Waals surface area contributed by atoms with Gasteiger partial charge in [0.2, 0.25) is 0 Å². The fraction of sp³-hybridized carbons (Fsp3) is 0.273. The molecule has 0 fully saturated rings. The van der Waals surface area contributed by atoms with Gasteiger partial charge in [-0.05, 0) is 31.5 Å². The van der Waals surface area contributed by atoms with Crippen LogP contribution >= 0.6 is 0 Å². The molecule has 0 amide bonds. The Morgan fingerprint density at radius 2 is 2.00 bits per heavy atom. The number of methoxy groups -OCH3 is 1. The predicted octanol–water partition coefficient (Wildman–Crippen LogP) is 3.02. The molecule has 2 N–H and O–H groups in total. The minimum absolute atomic E-state index is 0.0653. The van der Waals surface area contributed by atoms with Crippen LogP contribution in [0.5, 0.6) is 11.5 Å². The molecule has 1 aliphatic heterocycles. The van der Waals surface area contributed by atoms with Crippen molar-refractivity contribution in [2.24, 2.45) is 0 Å². The highest BCUT2D eigenvalue weighted by Gasteiger charge is 2.22. The van der Waals surface area contributed by atoms with Crippen molar-refractivity contribution in [2.75, 3.05) is 13.7 Å². The number of hydrogen-bond acceptors (Lipinski definition) is 5. The number of nitrogens with zero attached hydrogens (tertiary/aromatic N) is 2. The zero-order valence-electron chi connectivity index (χ0n) is 16.0. The van der Waals surface area contributed by atoms with Crippen LogP contribution in [0.1, 0.15) is 22.4 Å². The fourth-order valence-electron chi connectivity index (χ4n) is 3.53. The average molecular weight is 377 g/mol. The molecule has 0 aliphatic carbocycles. The third-order valence-electron chi connectivity index (χ3n) is 5.16. The van der Waals surface area contributed by atoms with Crippen molar-refractivity contribution >= 4 is 0 Å². The summed E-state index contributed by atoms with van der Waals surface area (Å²) in [4.78, 5) is 22.4. The fourth-order valence-corrected chi connectivity index (χ4v) is 3.53. The summed E-state index contributed by atoms with van der Waals surface area (Å²) in [6.45, 7) is 3.89. The summed E-state index contributed by atoms with van der Waals surface area (Å²) < 4.78 is 5.26. The van der Waals surface area contributed by atoms with E-state index >= 15 is 0 Å². The van der Waals surface area contributed by atoms with Gasteiger partial charge in [0.1, 0.15) is 17.3 Å². The maximum Gasteiger partial charge on any atom is 0.254 e. The van der Waals surface area contributed by atoms with Crippen LogP contribution in [0.25, 0.3) is 11.4 Å². The first kappa shape index (κ1) is 18.3. The van der Waals surface area contributed by atoms with Crippen molar-refractivity contribution in [2.45, 2.75) is 26.4 Å². The van der Waals surface area contributed by atoms with E-state index in [0.29, 0.717) is 31.1 Å². The summed E-state index contributed by atoms with van der Waals surface area (Å²) in [5, 5.41) is 10.2. The zero-order valence-corrected chi connectivity index (χ0v) is 16.0. The molecule has 2 heterocycles. The number of hydrogen-bond donors (Lipinski definition) is 2. The predicted molar refractivity (Wildman–Crippen MR) is 108 cm³/mol. The number of fused-ring (bicyclic) bond motifs is 1. The number of H-pyrrole nitrogens is 1. The van der Waals surface area contributed by atoms with Crippen LogP contribution in [-0.4, -0.2) is 33.6 Å². The normalized spacial score (nSPS) is 13.9. The Labute approximate surface area is 163 Å². The van der Waals surface area contributed by atoms with Crippen molar-refractivity contribution in [3.63, 3.8) is 0 Å². The Balaban J connectivity index is 1.61. The number of benzene rings is 2.